The van der Waals surface area contributed by atoms with Crippen molar-refractivity contribution >= 4 is 11.7 Å². The molecular weight excluding hydrogens is 336 g/mol. The number of nitrogens with one attached hydrogen (secondary N) is 1. The zero-order valence-corrected chi connectivity index (χ0v) is 16.7. The summed E-state index contributed by atoms with van der Waals surface area (Å²) in [7, 11) is 0. The van der Waals surface area contributed by atoms with E-state index in [0.717, 1.165) is 62.4 Å². The Morgan fingerprint density at radius 2 is 2.04 bits per heavy atom. The van der Waals surface area contributed by atoms with Crippen LogP contribution in [0.1, 0.15) is 43.7 Å². The average molecular weight is 367 g/mol. The molecule has 3 rings (SSSR count). The summed E-state index contributed by atoms with van der Waals surface area (Å²) in [6.07, 6.45) is 4.09. The van der Waals surface area contributed by atoms with Crippen LogP contribution >= 0.6 is 0 Å². The van der Waals surface area contributed by atoms with Crippen LogP contribution in [0.2, 0.25) is 0 Å². The van der Waals surface area contributed by atoms with Crippen LogP contribution in [0.4, 0.5) is 5.82 Å². The number of anilines is 1. The molecule has 0 unspecified atom stereocenters. The maximum atomic E-state index is 12.4. The molecule has 0 bridgehead atoms. The van der Waals surface area contributed by atoms with Crippen molar-refractivity contribution in [3.63, 3.8) is 0 Å². The number of nitrogens with zero attached hydrogens (tertiary/aromatic N) is 3. The fourth-order valence-electron chi connectivity index (χ4n) is 3.48. The van der Waals surface area contributed by atoms with Gasteiger partial charge in [0.25, 0.3) is 0 Å². The summed E-state index contributed by atoms with van der Waals surface area (Å²) in [5, 5.41) is 11.9. The molecule has 1 saturated heterocycles. The van der Waals surface area contributed by atoms with Gasteiger partial charge in [0.1, 0.15) is 0 Å². The van der Waals surface area contributed by atoms with Gasteiger partial charge in [0.15, 0.2) is 5.82 Å². The van der Waals surface area contributed by atoms with E-state index in [9.17, 15) is 4.79 Å². The second-order valence-electron chi connectivity index (χ2n) is 7.51. The molecule has 1 atom stereocenters. The summed E-state index contributed by atoms with van der Waals surface area (Å²) in [5.74, 6) is 1.07. The van der Waals surface area contributed by atoms with E-state index in [2.05, 4.69) is 59.4 Å². The molecule has 1 aliphatic rings. The molecule has 27 heavy (non-hydrogen) atoms. The Hall–Kier alpha value is -2.43. The van der Waals surface area contributed by atoms with E-state index < -0.39 is 0 Å². The third-order valence-electron chi connectivity index (χ3n) is 5.40. The Morgan fingerprint density at radius 1 is 1.19 bits per heavy atom. The van der Waals surface area contributed by atoms with Crippen molar-refractivity contribution in [2.45, 2.75) is 46.5 Å². The molecule has 1 fully saturated rings. The molecule has 1 aromatic carbocycles. The molecule has 5 nitrogen and oxygen atoms in total. The first-order valence-corrected chi connectivity index (χ1v) is 10.0. The van der Waals surface area contributed by atoms with Gasteiger partial charge in [-0.15, -0.1) is 10.2 Å². The lowest BCUT2D eigenvalue weighted by Gasteiger charge is -2.32. The minimum atomic E-state index is 0.0387. The van der Waals surface area contributed by atoms with Gasteiger partial charge < -0.3 is 10.2 Å². The number of unbranched alkanes of at least 4 members (excludes halogenated alkanes) is 1. The molecular formula is C22H30N4O. The molecule has 144 valence electrons. The second kappa shape index (κ2) is 8.98. The van der Waals surface area contributed by atoms with Crippen molar-refractivity contribution in [3.05, 3.63) is 41.5 Å². The summed E-state index contributed by atoms with van der Waals surface area (Å²) < 4.78 is 0. The van der Waals surface area contributed by atoms with E-state index in [1.807, 2.05) is 12.1 Å². The van der Waals surface area contributed by atoms with Crippen LogP contribution in [-0.2, 0) is 4.79 Å². The smallest absolute Gasteiger partial charge is 0.224 e. The Balaban J connectivity index is 1.65. The number of hydrogen-bond donors (Lipinski definition) is 1. The number of carbonyl (C=O) groups is 1. The van der Waals surface area contributed by atoms with Crippen LogP contribution in [0, 0.1) is 19.8 Å². The summed E-state index contributed by atoms with van der Waals surface area (Å²) in [4.78, 5) is 14.6. The molecule has 1 amide bonds. The van der Waals surface area contributed by atoms with Gasteiger partial charge in [-0.25, -0.2) is 0 Å². The lowest BCUT2D eigenvalue weighted by atomic mass is 9.97. The van der Waals surface area contributed by atoms with E-state index in [-0.39, 0.29) is 11.8 Å². The lowest BCUT2D eigenvalue weighted by molar-refractivity contribution is -0.125. The molecule has 1 aromatic heterocycles. The van der Waals surface area contributed by atoms with Crippen LogP contribution in [0.15, 0.2) is 30.3 Å². The molecule has 2 heterocycles. The van der Waals surface area contributed by atoms with Crippen molar-refractivity contribution in [2.75, 3.05) is 24.5 Å². The van der Waals surface area contributed by atoms with Gasteiger partial charge in [0.05, 0.1) is 11.6 Å². The van der Waals surface area contributed by atoms with E-state index in [1.54, 1.807) is 0 Å². The zero-order chi connectivity index (χ0) is 19.2. The largest absolute Gasteiger partial charge is 0.356 e. The third-order valence-corrected chi connectivity index (χ3v) is 5.40. The zero-order valence-electron chi connectivity index (χ0n) is 16.7. The highest BCUT2D eigenvalue weighted by atomic mass is 16.1. The van der Waals surface area contributed by atoms with Gasteiger partial charge in [-0.05, 0) is 62.4 Å². The number of aromatic nitrogens is 2. The number of amides is 1. The van der Waals surface area contributed by atoms with Gasteiger partial charge in [-0.3, -0.25) is 4.79 Å². The van der Waals surface area contributed by atoms with Crippen LogP contribution in [0.3, 0.4) is 0 Å². The Labute approximate surface area is 162 Å². The van der Waals surface area contributed by atoms with Gasteiger partial charge in [0, 0.05) is 25.2 Å². The molecule has 0 radical (unpaired) electrons. The number of piperidine rings is 1. The number of benzene rings is 1. The maximum absolute atomic E-state index is 12.4. The third kappa shape index (κ3) is 4.85. The summed E-state index contributed by atoms with van der Waals surface area (Å²) >= 11 is 0. The highest BCUT2D eigenvalue weighted by Gasteiger charge is 2.26. The van der Waals surface area contributed by atoms with Gasteiger partial charge in [0.2, 0.25) is 5.91 Å². The van der Waals surface area contributed by atoms with E-state index in [0.29, 0.717) is 0 Å². The highest BCUT2D eigenvalue weighted by Crippen LogP contribution is 2.24. The molecule has 0 spiro atoms. The molecule has 2 aromatic rings. The van der Waals surface area contributed by atoms with Crippen molar-refractivity contribution in [1.29, 1.82) is 0 Å². The predicted octanol–water partition coefficient (Wildman–Crippen LogP) is 3.89. The van der Waals surface area contributed by atoms with Crippen LogP contribution in [-0.4, -0.2) is 35.7 Å². The molecule has 5 heteroatoms. The van der Waals surface area contributed by atoms with Gasteiger partial charge >= 0.3 is 0 Å². The number of rotatable bonds is 6. The fraction of sp³-hybridized carbons (Fsp3) is 0.500. The van der Waals surface area contributed by atoms with Crippen LogP contribution < -0.4 is 10.2 Å². The normalized spacial score (nSPS) is 17.0. The van der Waals surface area contributed by atoms with Crippen molar-refractivity contribution in [3.8, 4) is 11.3 Å². The first-order valence-electron chi connectivity index (χ1n) is 10.0. The number of aryl methyl sites for hydroxylation is 2. The van der Waals surface area contributed by atoms with Crippen molar-refractivity contribution in [2.24, 2.45) is 5.92 Å². The topological polar surface area (TPSA) is 58.1 Å². The van der Waals surface area contributed by atoms with E-state index >= 15 is 0 Å². The minimum absolute atomic E-state index is 0.0387. The fourth-order valence-corrected chi connectivity index (χ4v) is 3.48. The monoisotopic (exact) mass is 366 g/mol. The Morgan fingerprint density at radius 3 is 2.74 bits per heavy atom. The van der Waals surface area contributed by atoms with Gasteiger partial charge in [-0.2, -0.15) is 0 Å². The summed E-state index contributed by atoms with van der Waals surface area (Å²) in [5.41, 5.74) is 4.50. The highest BCUT2D eigenvalue weighted by molar-refractivity contribution is 5.79. The van der Waals surface area contributed by atoms with E-state index in [4.69, 9.17) is 0 Å². The van der Waals surface area contributed by atoms with Crippen LogP contribution in [0.5, 0.6) is 0 Å². The minimum Gasteiger partial charge on any atom is -0.356 e. The first kappa shape index (κ1) is 19.3. The predicted molar refractivity (Wildman–Crippen MR) is 110 cm³/mol. The Bertz CT molecular complexity index is 772. The lowest BCUT2D eigenvalue weighted by Crippen LogP contribution is -2.43. The molecule has 1 aliphatic heterocycles. The van der Waals surface area contributed by atoms with Crippen molar-refractivity contribution < 1.29 is 4.79 Å². The second-order valence-corrected chi connectivity index (χ2v) is 7.51. The quantitative estimate of drug-likeness (QED) is 0.788. The maximum Gasteiger partial charge on any atom is 0.224 e. The average Bonchev–Trinajstić information content (AvgIpc) is 2.70. The molecule has 1 N–H and O–H groups in total. The molecule has 0 saturated carbocycles. The summed E-state index contributed by atoms with van der Waals surface area (Å²) in [6, 6.07) is 10.4. The first-order chi connectivity index (χ1) is 13.1. The van der Waals surface area contributed by atoms with Gasteiger partial charge in [-0.1, -0.05) is 25.5 Å². The number of hydrogen-bond acceptors (Lipinski definition) is 4. The van der Waals surface area contributed by atoms with Crippen LogP contribution in [0.25, 0.3) is 11.3 Å². The number of carbonyl (C=O) groups excluding carboxylic acids is 1. The summed E-state index contributed by atoms with van der Waals surface area (Å²) in [6.45, 7) is 8.77. The van der Waals surface area contributed by atoms with E-state index in [1.165, 1.54) is 11.1 Å². The standard InChI is InChI=1S/C22H30N4O/c1-4-5-12-23-22(27)19-7-6-13-26(15-19)21-11-10-20(24-25-21)18-9-8-16(2)17(3)14-18/h8-11,14,19H,4-7,12-13,15H2,1-3H3,(H,23,27)/t19-/m0/s1. The Kier molecular flexibility index (Phi) is 6.43. The molecule has 0 aliphatic carbocycles. The van der Waals surface area contributed by atoms with Crippen molar-refractivity contribution in [1.82, 2.24) is 15.5 Å². The SMILES string of the molecule is CCCCNC(=O)[C@H]1CCCN(c2ccc(-c3ccc(C)c(C)c3)nn2)C1.